The van der Waals surface area contributed by atoms with Gasteiger partial charge in [0.15, 0.2) is 0 Å². The van der Waals surface area contributed by atoms with Crippen LogP contribution in [0, 0.1) is 0 Å². The molecule has 1 heterocycles. The number of hydrogen-bond acceptors (Lipinski definition) is 5. The van der Waals surface area contributed by atoms with Gasteiger partial charge < -0.3 is 19.7 Å². The van der Waals surface area contributed by atoms with E-state index in [0.29, 0.717) is 6.61 Å². The van der Waals surface area contributed by atoms with Crippen LogP contribution in [0.15, 0.2) is 52.7 Å². The Labute approximate surface area is 141 Å². The molecule has 1 fully saturated rings. The van der Waals surface area contributed by atoms with Crippen molar-refractivity contribution in [1.29, 1.82) is 0 Å². The first-order valence-corrected chi connectivity index (χ1v) is 7.93. The molecule has 0 aliphatic carbocycles. The number of amidine groups is 1. The lowest BCUT2D eigenvalue weighted by Crippen LogP contribution is -2.40. The lowest BCUT2D eigenvalue weighted by molar-refractivity contribution is 0.0388. The van der Waals surface area contributed by atoms with Crippen LogP contribution in [0.5, 0.6) is 0 Å². The van der Waals surface area contributed by atoms with Gasteiger partial charge in [0.25, 0.3) is 6.02 Å². The molecule has 1 aliphatic rings. The first-order chi connectivity index (χ1) is 11.6. The van der Waals surface area contributed by atoms with Crippen LogP contribution in [0.2, 0.25) is 0 Å². The zero-order chi connectivity index (χ0) is 16.9. The third-order valence-corrected chi connectivity index (χ3v) is 3.82. The van der Waals surface area contributed by atoms with Gasteiger partial charge in [-0.1, -0.05) is 47.6 Å². The summed E-state index contributed by atoms with van der Waals surface area (Å²) in [6.07, 6.45) is 0.896. The van der Waals surface area contributed by atoms with Crippen molar-refractivity contribution in [2.24, 2.45) is 15.9 Å². The maximum absolute atomic E-state index is 5.75. The summed E-state index contributed by atoms with van der Waals surface area (Å²) < 4.78 is 16.1. The molecule has 1 atom stereocenters. The summed E-state index contributed by atoms with van der Waals surface area (Å²) in [5.41, 5.74) is 7.50. The van der Waals surface area contributed by atoms with Crippen LogP contribution in [0.4, 0.5) is 0 Å². The largest absolute Gasteiger partial charge is 0.715 e. The highest BCUT2D eigenvalue weighted by Crippen LogP contribution is 2.19. The molecule has 7 heteroatoms. The minimum absolute atomic E-state index is 0.0671. The highest BCUT2D eigenvalue weighted by molar-refractivity contribution is 6.39. The van der Waals surface area contributed by atoms with Crippen molar-refractivity contribution in [1.82, 2.24) is 0 Å². The molecule has 1 unspecified atom stereocenters. The molecule has 124 valence electrons. The normalized spacial score (nSPS) is 19.6. The molecule has 6 nitrogen and oxygen atoms in total. The number of rotatable bonds is 3. The molecule has 0 saturated carbocycles. The quantitative estimate of drug-likeness (QED) is 0.407. The smallest absolute Gasteiger partial charge is 0.483 e. The Bertz CT molecular complexity index is 773. The van der Waals surface area contributed by atoms with E-state index in [-0.39, 0.29) is 12.1 Å². The van der Waals surface area contributed by atoms with Gasteiger partial charge in [-0.2, -0.15) is 5.10 Å². The van der Waals surface area contributed by atoms with Gasteiger partial charge in [0.2, 0.25) is 0 Å². The molecule has 1 aliphatic heterocycles. The van der Waals surface area contributed by atoms with Crippen molar-refractivity contribution in [3.8, 4) is 0 Å². The van der Waals surface area contributed by atoms with E-state index in [1.165, 1.54) is 0 Å². The fourth-order valence-electron chi connectivity index (χ4n) is 2.53. The Balaban J connectivity index is 1.74. The Morgan fingerprint density at radius 2 is 2.00 bits per heavy atom. The molecule has 24 heavy (non-hydrogen) atoms. The van der Waals surface area contributed by atoms with Gasteiger partial charge in [0.05, 0.1) is 5.71 Å². The SMILES string of the molecule is C/C(=N/N=C(/N)OB1OCCC(C)O1)c1cccc2ccccc12. The molecule has 0 bridgehead atoms. The molecule has 2 N–H and O–H groups in total. The van der Waals surface area contributed by atoms with Gasteiger partial charge in [-0.15, -0.1) is 0 Å². The Morgan fingerprint density at radius 3 is 2.83 bits per heavy atom. The second-order valence-electron chi connectivity index (χ2n) is 5.66. The molecular formula is C17H20BN3O3. The Morgan fingerprint density at radius 1 is 1.21 bits per heavy atom. The van der Waals surface area contributed by atoms with Gasteiger partial charge in [-0.05, 0) is 31.0 Å². The first kappa shape index (κ1) is 16.5. The minimum Gasteiger partial charge on any atom is -0.483 e. The van der Waals surface area contributed by atoms with Gasteiger partial charge in [-0.25, -0.2) is 0 Å². The number of hydrogen-bond donors (Lipinski definition) is 1. The number of fused-ring (bicyclic) bond motifs is 1. The van der Waals surface area contributed by atoms with Crippen molar-refractivity contribution in [3.63, 3.8) is 0 Å². The predicted octanol–water partition coefficient (Wildman–Crippen LogP) is 2.71. The van der Waals surface area contributed by atoms with E-state index in [9.17, 15) is 0 Å². The molecular weight excluding hydrogens is 305 g/mol. The van der Waals surface area contributed by atoms with Gasteiger partial charge in [0, 0.05) is 18.3 Å². The second-order valence-corrected chi connectivity index (χ2v) is 5.66. The fraction of sp³-hybridized carbons (Fsp3) is 0.294. The van der Waals surface area contributed by atoms with Crippen molar-refractivity contribution in [2.45, 2.75) is 26.4 Å². The summed E-state index contributed by atoms with van der Waals surface area (Å²) in [6.45, 7) is 4.40. The predicted molar refractivity (Wildman–Crippen MR) is 95.7 cm³/mol. The fourth-order valence-corrected chi connectivity index (χ4v) is 2.53. The highest BCUT2D eigenvalue weighted by Gasteiger charge is 2.31. The summed E-state index contributed by atoms with van der Waals surface area (Å²) in [6, 6.07) is 14.1. The van der Waals surface area contributed by atoms with E-state index >= 15 is 0 Å². The zero-order valence-electron chi connectivity index (χ0n) is 13.8. The number of benzene rings is 2. The lowest BCUT2D eigenvalue weighted by Gasteiger charge is -2.23. The van der Waals surface area contributed by atoms with Gasteiger partial charge in [0.1, 0.15) is 0 Å². The molecule has 0 spiro atoms. The molecule has 0 aromatic heterocycles. The molecule has 2 aromatic carbocycles. The van der Waals surface area contributed by atoms with E-state index in [0.717, 1.165) is 28.5 Å². The molecule has 3 rings (SSSR count). The molecule has 0 radical (unpaired) electrons. The van der Waals surface area contributed by atoms with E-state index in [1.54, 1.807) is 0 Å². The third kappa shape index (κ3) is 3.93. The minimum atomic E-state index is -0.828. The van der Waals surface area contributed by atoms with Crippen LogP contribution in [0.3, 0.4) is 0 Å². The van der Waals surface area contributed by atoms with E-state index in [4.69, 9.17) is 19.7 Å². The molecule has 0 amide bonds. The summed E-state index contributed by atoms with van der Waals surface area (Å²) in [5, 5.41) is 10.4. The third-order valence-electron chi connectivity index (χ3n) is 3.82. The molecule has 1 saturated heterocycles. The monoisotopic (exact) mass is 325 g/mol. The summed E-state index contributed by atoms with van der Waals surface area (Å²) in [7, 11) is -0.828. The van der Waals surface area contributed by atoms with Gasteiger partial charge in [-0.3, -0.25) is 0 Å². The van der Waals surface area contributed by atoms with E-state index in [1.807, 2.05) is 38.1 Å². The summed E-state index contributed by atoms with van der Waals surface area (Å²) >= 11 is 0. The summed E-state index contributed by atoms with van der Waals surface area (Å²) in [4.78, 5) is 0. The maximum Gasteiger partial charge on any atom is 0.715 e. The average molecular weight is 325 g/mol. The number of nitrogens with two attached hydrogens (primary N) is 1. The Kier molecular flexibility index (Phi) is 5.13. The van der Waals surface area contributed by atoms with Crippen LogP contribution in [-0.2, 0) is 14.0 Å². The molecule has 2 aromatic rings. The van der Waals surface area contributed by atoms with Crippen molar-refractivity contribution >= 4 is 29.8 Å². The first-order valence-electron chi connectivity index (χ1n) is 7.93. The zero-order valence-corrected chi connectivity index (χ0v) is 13.8. The van der Waals surface area contributed by atoms with E-state index < -0.39 is 7.32 Å². The van der Waals surface area contributed by atoms with Crippen molar-refractivity contribution in [2.75, 3.05) is 6.61 Å². The highest BCUT2D eigenvalue weighted by atomic mass is 16.7. The second kappa shape index (κ2) is 7.46. The average Bonchev–Trinajstić information content (AvgIpc) is 2.59. The van der Waals surface area contributed by atoms with Crippen LogP contribution in [0.25, 0.3) is 10.8 Å². The van der Waals surface area contributed by atoms with Crippen molar-refractivity contribution in [3.05, 3.63) is 48.0 Å². The van der Waals surface area contributed by atoms with Crippen molar-refractivity contribution < 1.29 is 14.0 Å². The maximum atomic E-state index is 5.75. The standard InChI is InChI=1S/C17H20BN3O3/c1-12-10-11-22-18(23-12)24-17(19)21-20-13(2)15-9-5-7-14-6-3-4-8-16(14)15/h3-9,12H,10-11H2,1-2H3,(H2,19,21)/b20-13-. The van der Waals surface area contributed by atoms with Crippen LogP contribution >= 0.6 is 0 Å². The number of nitrogens with zero attached hydrogens (tertiary/aromatic N) is 2. The Hall–Kier alpha value is -2.38. The summed E-state index contributed by atoms with van der Waals surface area (Å²) in [5.74, 6) is 0. The van der Waals surface area contributed by atoms with Gasteiger partial charge >= 0.3 is 7.32 Å². The lowest BCUT2D eigenvalue weighted by atomic mass is 10.0. The topological polar surface area (TPSA) is 78.4 Å². The van der Waals surface area contributed by atoms with E-state index in [2.05, 4.69) is 28.4 Å². The van der Waals surface area contributed by atoms with Crippen LogP contribution in [0.1, 0.15) is 25.8 Å². The van der Waals surface area contributed by atoms with Crippen LogP contribution in [-0.4, -0.2) is 31.8 Å². The van der Waals surface area contributed by atoms with Crippen LogP contribution < -0.4 is 5.73 Å².